The van der Waals surface area contributed by atoms with Crippen molar-refractivity contribution < 1.29 is 23.7 Å². The van der Waals surface area contributed by atoms with E-state index in [1.165, 1.54) is 6.07 Å². The topological polar surface area (TPSA) is 78.1 Å². The first-order valence-corrected chi connectivity index (χ1v) is 7.87. The third-order valence-electron chi connectivity index (χ3n) is 3.46. The molecular formula is C16H24O6. The first-order chi connectivity index (χ1) is 10.7. The first kappa shape index (κ1) is 17.0. The molecule has 1 saturated heterocycles. The Labute approximate surface area is 130 Å². The van der Waals surface area contributed by atoms with Crippen molar-refractivity contribution in [1.29, 1.82) is 0 Å². The Morgan fingerprint density at radius 2 is 2.27 bits per heavy atom. The van der Waals surface area contributed by atoms with Crippen molar-refractivity contribution in [2.24, 2.45) is 0 Å². The van der Waals surface area contributed by atoms with E-state index in [4.69, 9.17) is 18.6 Å². The maximum Gasteiger partial charge on any atom is 0.227 e. The van der Waals surface area contributed by atoms with Crippen molar-refractivity contribution in [2.45, 2.75) is 58.5 Å². The van der Waals surface area contributed by atoms with E-state index < -0.39 is 0 Å². The highest BCUT2D eigenvalue weighted by atomic mass is 16.7. The summed E-state index contributed by atoms with van der Waals surface area (Å²) in [6.45, 7) is 2.92. The summed E-state index contributed by atoms with van der Waals surface area (Å²) >= 11 is 0. The van der Waals surface area contributed by atoms with Crippen LogP contribution < -0.4 is 10.2 Å². The summed E-state index contributed by atoms with van der Waals surface area (Å²) in [7, 11) is 0. The normalized spacial score (nSPS) is 18.4. The zero-order valence-corrected chi connectivity index (χ0v) is 13.0. The van der Waals surface area contributed by atoms with Crippen molar-refractivity contribution >= 4 is 0 Å². The van der Waals surface area contributed by atoms with Crippen LogP contribution in [-0.2, 0) is 22.7 Å². The van der Waals surface area contributed by atoms with Crippen molar-refractivity contribution in [2.75, 3.05) is 13.2 Å². The van der Waals surface area contributed by atoms with Gasteiger partial charge in [0.05, 0.1) is 6.61 Å². The predicted octanol–water partition coefficient (Wildman–Crippen LogP) is 2.35. The molecule has 0 bridgehead atoms. The van der Waals surface area contributed by atoms with Gasteiger partial charge in [0, 0.05) is 12.7 Å². The summed E-state index contributed by atoms with van der Waals surface area (Å²) in [5.41, 5.74) is -0.297. The van der Waals surface area contributed by atoms with Gasteiger partial charge >= 0.3 is 0 Å². The van der Waals surface area contributed by atoms with Crippen molar-refractivity contribution in [3.8, 4) is 5.75 Å². The molecule has 0 aromatic carbocycles. The van der Waals surface area contributed by atoms with Crippen molar-refractivity contribution in [1.82, 2.24) is 0 Å². The van der Waals surface area contributed by atoms with E-state index in [-0.39, 0.29) is 36.4 Å². The molecule has 0 radical (unpaired) electrons. The monoisotopic (exact) mass is 312 g/mol. The van der Waals surface area contributed by atoms with E-state index in [1.54, 1.807) is 0 Å². The summed E-state index contributed by atoms with van der Waals surface area (Å²) in [6.07, 6.45) is 4.52. The maximum atomic E-state index is 12.1. The van der Waals surface area contributed by atoms with E-state index in [0.29, 0.717) is 19.0 Å². The summed E-state index contributed by atoms with van der Waals surface area (Å²) in [5, 5.41) is 9.36. The van der Waals surface area contributed by atoms with Crippen LogP contribution in [0.2, 0.25) is 0 Å². The molecule has 2 heterocycles. The zero-order chi connectivity index (χ0) is 15.8. The van der Waals surface area contributed by atoms with Gasteiger partial charge in [0.2, 0.25) is 11.2 Å². The molecule has 1 aromatic rings. The third kappa shape index (κ3) is 4.83. The molecular weight excluding hydrogens is 288 g/mol. The number of ether oxygens (including phenoxy) is 3. The molecule has 1 aromatic heterocycles. The number of hydrogen-bond donors (Lipinski definition) is 1. The number of hydrogen-bond acceptors (Lipinski definition) is 6. The van der Waals surface area contributed by atoms with Gasteiger partial charge in [-0.1, -0.05) is 13.3 Å². The van der Waals surface area contributed by atoms with Crippen LogP contribution >= 0.6 is 0 Å². The van der Waals surface area contributed by atoms with Gasteiger partial charge in [0.1, 0.15) is 19.0 Å². The minimum atomic E-state index is -0.384. The highest BCUT2D eigenvalue weighted by Gasteiger charge is 2.17. The molecule has 1 unspecified atom stereocenters. The molecule has 1 fully saturated rings. The molecule has 6 heteroatoms. The van der Waals surface area contributed by atoms with Crippen molar-refractivity contribution in [3.05, 3.63) is 27.8 Å². The molecule has 22 heavy (non-hydrogen) atoms. The smallest absolute Gasteiger partial charge is 0.227 e. The average molecular weight is 312 g/mol. The van der Waals surface area contributed by atoms with E-state index in [1.807, 2.05) is 6.92 Å². The summed E-state index contributed by atoms with van der Waals surface area (Å²) in [4.78, 5) is 12.1. The molecule has 0 saturated carbocycles. The summed E-state index contributed by atoms with van der Waals surface area (Å²) in [6, 6.07) is 1.35. The third-order valence-corrected chi connectivity index (χ3v) is 3.46. The van der Waals surface area contributed by atoms with E-state index in [2.05, 4.69) is 0 Å². The minimum Gasteiger partial charge on any atom is -0.486 e. The Hall–Kier alpha value is -1.37. The van der Waals surface area contributed by atoms with E-state index in [9.17, 15) is 9.90 Å². The minimum absolute atomic E-state index is 0.0913. The van der Waals surface area contributed by atoms with E-state index >= 15 is 0 Å². The number of aliphatic hydroxyl groups is 1. The second-order valence-electron chi connectivity index (χ2n) is 5.30. The maximum absolute atomic E-state index is 12.1. The van der Waals surface area contributed by atoms with Crippen LogP contribution in [0.25, 0.3) is 0 Å². The second kappa shape index (κ2) is 8.92. The lowest BCUT2D eigenvalue weighted by Crippen LogP contribution is -2.22. The van der Waals surface area contributed by atoms with Gasteiger partial charge in [-0.15, -0.1) is 0 Å². The molecule has 1 N–H and O–H groups in total. The lowest BCUT2D eigenvalue weighted by atomic mass is 10.2. The molecule has 124 valence electrons. The van der Waals surface area contributed by atoms with E-state index in [0.717, 1.165) is 32.1 Å². The SMILES string of the molecule is CCCCOc1c(CO)oc(COC2CCCCO2)cc1=O. The lowest BCUT2D eigenvalue weighted by molar-refractivity contribution is -0.171. The zero-order valence-electron chi connectivity index (χ0n) is 13.0. The van der Waals surface area contributed by atoms with Crippen LogP contribution in [0.1, 0.15) is 50.5 Å². The van der Waals surface area contributed by atoms with Gasteiger partial charge < -0.3 is 23.7 Å². The van der Waals surface area contributed by atoms with Gasteiger partial charge in [-0.05, 0) is 25.7 Å². The molecule has 6 nitrogen and oxygen atoms in total. The standard InChI is InChI=1S/C16H24O6/c1-2-3-7-20-16-13(18)9-12(22-14(16)10-17)11-21-15-6-4-5-8-19-15/h9,15,17H,2-8,10-11H2,1H3. The Balaban J connectivity index is 1.99. The average Bonchev–Trinajstić information content (AvgIpc) is 2.55. The summed E-state index contributed by atoms with van der Waals surface area (Å²) < 4.78 is 22.0. The number of aliphatic hydroxyl groups excluding tert-OH is 1. The van der Waals surface area contributed by atoms with Crippen LogP contribution in [0.4, 0.5) is 0 Å². The number of unbranched alkanes of at least 4 members (excludes halogenated alkanes) is 1. The summed E-state index contributed by atoms with van der Waals surface area (Å²) in [5.74, 6) is 0.603. The Morgan fingerprint density at radius 3 is 2.95 bits per heavy atom. The quantitative estimate of drug-likeness (QED) is 0.742. The van der Waals surface area contributed by atoms with Gasteiger partial charge in [-0.25, -0.2) is 0 Å². The van der Waals surface area contributed by atoms with Crippen LogP contribution in [0, 0.1) is 0 Å². The first-order valence-electron chi connectivity index (χ1n) is 7.87. The number of rotatable bonds is 8. The van der Waals surface area contributed by atoms with Crippen LogP contribution in [-0.4, -0.2) is 24.6 Å². The molecule has 1 aliphatic rings. The second-order valence-corrected chi connectivity index (χ2v) is 5.30. The van der Waals surface area contributed by atoms with Gasteiger partial charge in [-0.2, -0.15) is 0 Å². The fraction of sp³-hybridized carbons (Fsp3) is 0.688. The largest absolute Gasteiger partial charge is 0.486 e. The van der Waals surface area contributed by atoms with Crippen molar-refractivity contribution in [3.63, 3.8) is 0 Å². The highest BCUT2D eigenvalue weighted by Crippen LogP contribution is 2.19. The molecule has 0 amide bonds. The molecule has 2 rings (SSSR count). The van der Waals surface area contributed by atoms with Crippen LogP contribution in [0.5, 0.6) is 5.75 Å². The Morgan fingerprint density at radius 1 is 1.41 bits per heavy atom. The fourth-order valence-corrected chi connectivity index (χ4v) is 2.25. The molecule has 0 spiro atoms. The van der Waals surface area contributed by atoms with Gasteiger partial charge in [-0.3, -0.25) is 4.79 Å². The van der Waals surface area contributed by atoms with Crippen LogP contribution in [0.15, 0.2) is 15.3 Å². The Kier molecular flexibility index (Phi) is 6.89. The predicted molar refractivity (Wildman–Crippen MR) is 79.7 cm³/mol. The Bertz CT molecular complexity index is 504. The highest BCUT2D eigenvalue weighted by molar-refractivity contribution is 5.26. The van der Waals surface area contributed by atoms with Gasteiger partial charge in [0.25, 0.3) is 0 Å². The molecule has 1 atom stereocenters. The lowest BCUT2D eigenvalue weighted by Gasteiger charge is -2.22. The van der Waals surface area contributed by atoms with Crippen LogP contribution in [0.3, 0.4) is 0 Å². The van der Waals surface area contributed by atoms with Gasteiger partial charge in [0.15, 0.2) is 12.1 Å². The fourth-order valence-electron chi connectivity index (χ4n) is 2.25. The molecule has 1 aliphatic heterocycles. The molecule has 0 aliphatic carbocycles.